The van der Waals surface area contributed by atoms with E-state index in [1.807, 2.05) is 6.92 Å². The van der Waals surface area contributed by atoms with E-state index in [0.717, 1.165) is 46.6 Å². The van der Waals surface area contributed by atoms with E-state index in [2.05, 4.69) is 4.72 Å². The van der Waals surface area contributed by atoms with E-state index in [1.165, 1.54) is 12.1 Å². The molecule has 2 rings (SSSR count). The third-order valence-corrected chi connectivity index (χ3v) is 6.65. The lowest BCUT2D eigenvalue weighted by atomic mass is 10.2. The minimum Gasteiger partial charge on any atom is -0.306 e. The molecule has 1 N–H and O–H groups in total. The Morgan fingerprint density at radius 3 is 2.36 bits per heavy atom. The summed E-state index contributed by atoms with van der Waals surface area (Å²) in [5.41, 5.74) is -0.487. The molecule has 0 saturated carbocycles. The maximum atomic E-state index is 13.9. The number of sulfonamides is 1. The summed E-state index contributed by atoms with van der Waals surface area (Å²) in [6.07, 6.45) is 0.727. The summed E-state index contributed by atoms with van der Waals surface area (Å²) >= 11 is 1.16. The first-order valence-corrected chi connectivity index (χ1v) is 9.86. The molecule has 9 heteroatoms. The second-order valence-corrected chi connectivity index (χ2v) is 8.38. The van der Waals surface area contributed by atoms with Gasteiger partial charge < -0.3 is 4.90 Å². The van der Waals surface area contributed by atoms with Crippen molar-refractivity contribution in [2.75, 3.05) is 18.0 Å². The van der Waals surface area contributed by atoms with Crippen LogP contribution in [0.2, 0.25) is 0 Å². The van der Waals surface area contributed by atoms with Crippen LogP contribution in [-0.2, 0) is 21.2 Å². The highest BCUT2D eigenvalue weighted by atomic mass is 32.2. The number of aryl methyl sites for hydroxylation is 1. The molecule has 0 saturated heterocycles. The highest BCUT2D eigenvalue weighted by molar-refractivity contribution is 7.91. The molecule has 0 aliphatic heterocycles. The van der Waals surface area contributed by atoms with Crippen LogP contribution in [0.3, 0.4) is 0 Å². The van der Waals surface area contributed by atoms with Crippen LogP contribution in [0, 0.1) is 11.6 Å². The van der Waals surface area contributed by atoms with Gasteiger partial charge in [0.2, 0.25) is 15.9 Å². The van der Waals surface area contributed by atoms with Gasteiger partial charge in [-0.3, -0.25) is 4.79 Å². The van der Waals surface area contributed by atoms with Crippen LogP contribution in [-0.4, -0.2) is 27.4 Å². The molecule has 1 heterocycles. The zero-order valence-corrected chi connectivity index (χ0v) is 15.4. The normalized spacial score (nSPS) is 11.5. The average molecular weight is 388 g/mol. The van der Waals surface area contributed by atoms with Gasteiger partial charge in [0.15, 0.2) is 0 Å². The molecule has 0 bridgehead atoms. The Morgan fingerprint density at radius 2 is 1.84 bits per heavy atom. The Labute approximate surface area is 149 Å². The molecular formula is C16H18F2N2O3S2. The molecule has 0 aliphatic rings. The van der Waals surface area contributed by atoms with Gasteiger partial charge in [-0.05, 0) is 30.7 Å². The van der Waals surface area contributed by atoms with Gasteiger partial charge in [-0.25, -0.2) is 21.9 Å². The lowest BCUT2D eigenvalue weighted by Gasteiger charge is -2.22. The smallest absolute Gasteiger partial charge is 0.250 e. The SMILES string of the molecule is CCc1ccc(S(=O)(=O)NCCN(C(C)=O)c2c(F)cccc2F)s1. The van der Waals surface area contributed by atoms with Gasteiger partial charge in [-0.1, -0.05) is 13.0 Å². The lowest BCUT2D eigenvalue weighted by molar-refractivity contribution is -0.116. The topological polar surface area (TPSA) is 66.5 Å². The Kier molecular flexibility index (Phi) is 6.26. The summed E-state index contributed by atoms with van der Waals surface area (Å²) in [5, 5.41) is 0. The van der Waals surface area contributed by atoms with Crippen molar-refractivity contribution in [2.24, 2.45) is 0 Å². The number of benzene rings is 1. The summed E-state index contributed by atoms with van der Waals surface area (Å²) in [6.45, 7) is 2.71. The van der Waals surface area contributed by atoms with Crippen molar-refractivity contribution in [3.8, 4) is 0 Å². The third kappa shape index (κ3) is 4.62. The van der Waals surface area contributed by atoms with Gasteiger partial charge in [0, 0.05) is 24.9 Å². The molecule has 1 amide bonds. The minimum absolute atomic E-state index is 0.163. The van der Waals surface area contributed by atoms with Crippen LogP contribution in [0.25, 0.3) is 0 Å². The molecule has 25 heavy (non-hydrogen) atoms. The summed E-state index contributed by atoms with van der Waals surface area (Å²) in [4.78, 5) is 13.5. The van der Waals surface area contributed by atoms with Crippen molar-refractivity contribution in [1.82, 2.24) is 4.72 Å². The van der Waals surface area contributed by atoms with Crippen molar-refractivity contribution in [1.29, 1.82) is 0 Å². The van der Waals surface area contributed by atoms with Crippen molar-refractivity contribution >= 4 is 33.0 Å². The molecule has 0 unspecified atom stereocenters. The number of rotatable bonds is 7. The van der Waals surface area contributed by atoms with Crippen LogP contribution in [0.15, 0.2) is 34.5 Å². The van der Waals surface area contributed by atoms with Crippen LogP contribution in [0.1, 0.15) is 18.7 Å². The molecule has 0 atom stereocenters. The van der Waals surface area contributed by atoms with E-state index in [-0.39, 0.29) is 17.3 Å². The summed E-state index contributed by atoms with van der Waals surface area (Å²) in [6, 6.07) is 6.51. The van der Waals surface area contributed by atoms with Gasteiger partial charge in [0.1, 0.15) is 21.5 Å². The highest BCUT2D eigenvalue weighted by Gasteiger charge is 2.21. The maximum Gasteiger partial charge on any atom is 0.250 e. The van der Waals surface area contributed by atoms with Crippen LogP contribution < -0.4 is 9.62 Å². The first-order valence-electron chi connectivity index (χ1n) is 7.56. The lowest BCUT2D eigenvalue weighted by Crippen LogP contribution is -2.38. The van der Waals surface area contributed by atoms with E-state index in [9.17, 15) is 22.0 Å². The number of carbonyl (C=O) groups is 1. The van der Waals surface area contributed by atoms with Crippen molar-refractivity contribution in [3.05, 3.63) is 46.8 Å². The molecule has 2 aromatic rings. The number of amides is 1. The standard InChI is InChI=1S/C16H18F2N2O3S2/c1-3-12-7-8-15(24-12)25(22,23)19-9-10-20(11(2)21)16-13(17)5-4-6-14(16)18/h4-8,19H,3,9-10H2,1-2H3. The Hall–Kier alpha value is -1.84. The van der Waals surface area contributed by atoms with E-state index in [4.69, 9.17) is 0 Å². The molecule has 0 aliphatic carbocycles. The van der Waals surface area contributed by atoms with E-state index >= 15 is 0 Å². The van der Waals surface area contributed by atoms with Gasteiger partial charge >= 0.3 is 0 Å². The Bertz CT molecular complexity index is 846. The fraction of sp³-hybridized carbons (Fsp3) is 0.312. The number of thiophene rings is 1. The van der Waals surface area contributed by atoms with Gasteiger partial charge in [-0.2, -0.15) is 0 Å². The number of nitrogens with zero attached hydrogens (tertiary/aromatic N) is 1. The number of nitrogens with one attached hydrogen (secondary N) is 1. The van der Waals surface area contributed by atoms with Crippen molar-refractivity contribution < 1.29 is 22.0 Å². The predicted molar refractivity (Wildman–Crippen MR) is 93.3 cm³/mol. The molecule has 5 nitrogen and oxygen atoms in total. The number of halogens is 2. The molecule has 0 fully saturated rings. The fourth-order valence-electron chi connectivity index (χ4n) is 2.23. The van der Waals surface area contributed by atoms with E-state index < -0.39 is 33.3 Å². The first-order chi connectivity index (χ1) is 11.8. The average Bonchev–Trinajstić information content (AvgIpc) is 3.02. The van der Waals surface area contributed by atoms with Crippen LogP contribution in [0.4, 0.5) is 14.5 Å². The third-order valence-electron chi connectivity index (χ3n) is 3.47. The van der Waals surface area contributed by atoms with Crippen molar-refractivity contribution in [2.45, 2.75) is 24.5 Å². The molecular weight excluding hydrogens is 370 g/mol. The summed E-state index contributed by atoms with van der Waals surface area (Å²) < 4.78 is 54.7. The second-order valence-electron chi connectivity index (χ2n) is 5.21. The van der Waals surface area contributed by atoms with Gasteiger partial charge in [0.25, 0.3) is 0 Å². The van der Waals surface area contributed by atoms with Crippen molar-refractivity contribution in [3.63, 3.8) is 0 Å². The first kappa shape index (κ1) is 19.5. The molecule has 0 radical (unpaired) electrons. The number of hydrogen-bond donors (Lipinski definition) is 1. The van der Waals surface area contributed by atoms with E-state index in [0.29, 0.717) is 0 Å². The van der Waals surface area contributed by atoms with Crippen LogP contribution in [0.5, 0.6) is 0 Å². The zero-order chi connectivity index (χ0) is 18.6. The zero-order valence-electron chi connectivity index (χ0n) is 13.8. The fourth-order valence-corrected chi connectivity index (χ4v) is 4.59. The summed E-state index contributed by atoms with van der Waals surface area (Å²) in [7, 11) is -3.73. The second kappa shape index (κ2) is 8.03. The maximum absolute atomic E-state index is 13.9. The number of carbonyl (C=O) groups excluding carboxylic acids is 1. The Balaban J connectivity index is 2.11. The number of hydrogen-bond acceptors (Lipinski definition) is 4. The quantitative estimate of drug-likeness (QED) is 0.793. The predicted octanol–water partition coefficient (Wildman–Crippen LogP) is 2.92. The highest BCUT2D eigenvalue weighted by Crippen LogP contribution is 2.24. The van der Waals surface area contributed by atoms with Crippen LogP contribution >= 0.6 is 11.3 Å². The number of anilines is 1. The molecule has 136 valence electrons. The largest absolute Gasteiger partial charge is 0.306 e. The number of para-hydroxylation sites is 1. The molecule has 0 spiro atoms. The molecule has 1 aromatic heterocycles. The monoisotopic (exact) mass is 388 g/mol. The summed E-state index contributed by atoms with van der Waals surface area (Å²) in [5.74, 6) is -2.36. The minimum atomic E-state index is -3.73. The van der Waals surface area contributed by atoms with Gasteiger partial charge in [-0.15, -0.1) is 11.3 Å². The molecule has 1 aromatic carbocycles. The van der Waals surface area contributed by atoms with E-state index in [1.54, 1.807) is 6.07 Å². The van der Waals surface area contributed by atoms with Gasteiger partial charge in [0.05, 0.1) is 0 Å². The Morgan fingerprint density at radius 1 is 1.20 bits per heavy atom.